The zero-order valence-corrected chi connectivity index (χ0v) is 14.5. The number of hydrogen-bond acceptors (Lipinski definition) is 4. The molecule has 0 spiro atoms. The average molecular weight is 334 g/mol. The molecule has 2 aromatic carbocycles. The Labute approximate surface area is 146 Å². The molecule has 128 valence electrons. The molecule has 5 heteroatoms. The molecule has 0 fully saturated rings. The number of rotatable bonds is 5. The van der Waals surface area contributed by atoms with Gasteiger partial charge in [0.1, 0.15) is 11.6 Å². The van der Waals surface area contributed by atoms with Crippen molar-refractivity contribution in [2.45, 2.75) is 6.42 Å². The number of methoxy groups -OCH3 is 1. The number of nitrogens with zero attached hydrogens (tertiary/aromatic N) is 2. The van der Waals surface area contributed by atoms with Gasteiger partial charge in [-0.25, -0.2) is 4.98 Å². The lowest BCUT2D eigenvalue weighted by molar-refractivity contribution is 0.420. The van der Waals surface area contributed by atoms with Crippen LogP contribution >= 0.6 is 0 Å². The van der Waals surface area contributed by atoms with Gasteiger partial charge in [-0.3, -0.25) is 0 Å². The predicted molar refractivity (Wildman–Crippen MR) is 104 cm³/mol. The first-order valence-corrected chi connectivity index (χ1v) is 8.53. The quantitative estimate of drug-likeness (QED) is 0.547. The summed E-state index contributed by atoms with van der Waals surface area (Å²) in [4.78, 5) is 4.60. The summed E-state index contributed by atoms with van der Waals surface area (Å²) in [7, 11) is 3.80. The van der Waals surface area contributed by atoms with Crippen molar-refractivity contribution >= 4 is 38.4 Å². The number of fused-ring (bicyclic) bond motifs is 5. The Morgan fingerprint density at radius 3 is 2.76 bits per heavy atom. The summed E-state index contributed by atoms with van der Waals surface area (Å²) in [5.41, 5.74) is 7.97. The minimum absolute atomic E-state index is 0.658. The molecule has 0 unspecified atom stereocenters. The smallest absolute Gasteiger partial charge is 0.134 e. The summed E-state index contributed by atoms with van der Waals surface area (Å²) in [5, 5.41) is 8.05. The van der Waals surface area contributed by atoms with Crippen LogP contribution in [0.1, 0.15) is 6.42 Å². The number of nitrogens with one attached hydrogen (secondary N) is 1. The molecule has 0 amide bonds. The number of pyridine rings is 1. The third-order valence-electron chi connectivity index (χ3n) is 4.78. The van der Waals surface area contributed by atoms with E-state index in [1.54, 1.807) is 7.11 Å². The molecule has 2 heterocycles. The summed E-state index contributed by atoms with van der Waals surface area (Å²) >= 11 is 0. The fourth-order valence-corrected chi connectivity index (χ4v) is 3.58. The number of anilines is 1. The third-order valence-corrected chi connectivity index (χ3v) is 4.78. The number of para-hydroxylation sites is 1. The largest absolute Gasteiger partial charge is 0.496 e. The van der Waals surface area contributed by atoms with Crippen molar-refractivity contribution in [2.75, 3.05) is 25.5 Å². The second kappa shape index (κ2) is 6.26. The van der Waals surface area contributed by atoms with Gasteiger partial charge in [0, 0.05) is 52.9 Å². The molecule has 4 aromatic rings. The van der Waals surface area contributed by atoms with Gasteiger partial charge in [0.05, 0.1) is 12.6 Å². The lowest BCUT2D eigenvalue weighted by Crippen LogP contribution is -2.09. The molecule has 0 radical (unpaired) electrons. The number of aryl methyl sites for hydroxylation is 1. The van der Waals surface area contributed by atoms with Gasteiger partial charge in [-0.05, 0) is 25.1 Å². The summed E-state index contributed by atoms with van der Waals surface area (Å²) < 4.78 is 7.89. The Morgan fingerprint density at radius 2 is 1.96 bits per heavy atom. The van der Waals surface area contributed by atoms with Crippen LogP contribution in [-0.4, -0.2) is 29.8 Å². The maximum atomic E-state index is 5.68. The Kier molecular flexibility index (Phi) is 3.93. The van der Waals surface area contributed by atoms with Crippen LogP contribution in [0.4, 0.5) is 5.82 Å². The van der Waals surface area contributed by atoms with Crippen LogP contribution in [0, 0.1) is 0 Å². The normalized spacial score (nSPS) is 11.5. The van der Waals surface area contributed by atoms with Gasteiger partial charge in [-0.15, -0.1) is 0 Å². The number of benzene rings is 2. The molecule has 2 aromatic heterocycles. The zero-order valence-electron chi connectivity index (χ0n) is 14.5. The van der Waals surface area contributed by atoms with Crippen molar-refractivity contribution < 1.29 is 4.74 Å². The van der Waals surface area contributed by atoms with Crippen molar-refractivity contribution in [3.05, 3.63) is 42.6 Å². The van der Waals surface area contributed by atoms with Crippen molar-refractivity contribution in [2.24, 2.45) is 12.8 Å². The first-order chi connectivity index (χ1) is 12.3. The molecule has 0 saturated heterocycles. The highest BCUT2D eigenvalue weighted by Gasteiger charge is 2.17. The molecular formula is C20H22N4O. The number of nitrogens with two attached hydrogens (primary N) is 1. The van der Waals surface area contributed by atoms with E-state index in [9.17, 15) is 0 Å². The van der Waals surface area contributed by atoms with Crippen LogP contribution in [0.5, 0.6) is 5.75 Å². The van der Waals surface area contributed by atoms with Crippen LogP contribution in [0.3, 0.4) is 0 Å². The van der Waals surface area contributed by atoms with E-state index in [1.807, 2.05) is 12.3 Å². The van der Waals surface area contributed by atoms with Gasteiger partial charge < -0.3 is 20.4 Å². The summed E-state index contributed by atoms with van der Waals surface area (Å²) in [6.07, 6.45) is 2.73. The van der Waals surface area contributed by atoms with E-state index in [4.69, 9.17) is 10.5 Å². The number of aromatic nitrogens is 2. The fourth-order valence-electron chi connectivity index (χ4n) is 3.58. The number of hydrogen-bond donors (Lipinski definition) is 2. The van der Waals surface area contributed by atoms with Crippen molar-refractivity contribution in [1.82, 2.24) is 9.55 Å². The molecule has 0 bridgehead atoms. The first-order valence-electron chi connectivity index (χ1n) is 8.53. The molecule has 3 N–H and O–H groups in total. The summed E-state index contributed by atoms with van der Waals surface area (Å²) in [5.74, 6) is 1.74. The molecule has 5 nitrogen and oxygen atoms in total. The number of ether oxygens (including phenoxy) is 1. The van der Waals surface area contributed by atoms with Crippen LogP contribution in [0.15, 0.2) is 42.6 Å². The van der Waals surface area contributed by atoms with E-state index in [-0.39, 0.29) is 0 Å². The molecule has 0 aliphatic heterocycles. The van der Waals surface area contributed by atoms with Crippen molar-refractivity contribution in [1.29, 1.82) is 0 Å². The molecule has 0 aliphatic rings. The maximum absolute atomic E-state index is 5.68. The molecule has 4 rings (SSSR count). The SMILES string of the molecule is COc1cc2c(c3ccccc3n2C)c2c(NCCCN)nccc12. The van der Waals surface area contributed by atoms with E-state index in [0.29, 0.717) is 6.54 Å². The van der Waals surface area contributed by atoms with Crippen LogP contribution in [-0.2, 0) is 7.05 Å². The maximum Gasteiger partial charge on any atom is 0.134 e. The van der Waals surface area contributed by atoms with Gasteiger partial charge in [0.25, 0.3) is 0 Å². The van der Waals surface area contributed by atoms with Gasteiger partial charge in [-0.1, -0.05) is 18.2 Å². The highest BCUT2D eigenvalue weighted by atomic mass is 16.5. The fraction of sp³-hybridized carbons (Fsp3) is 0.250. The predicted octanol–water partition coefficient (Wildman–Crippen LogP) is 3.65. The lowest BCUT2D eigenvalue weighted by Gasteiger charge is -2.13. The Hall–Kier alpha value is -2.79. The molecule has 0 aliphatic carbocycles. The molecular weight excluding hydrogens is 312 g/mol. The van der Waals surface area contributed by atoms with Crippen molar-refractivity contribution in [3.63, 3.8) is 0 Å². The van der Waals surface area contributed by atoms with E-state index < -0.39 is 0 Å². The Balaban J connectivity index is 2.14. The van der Waals surface area contributed by atoms with Crippen LogP contribution in [0.2, 0.25) is 0 Å². The van der Waals surface area contributed by atoms with E-state index in [0.717, 1.165) is 40.8 Å². The minimum atomic E-state index is 0.658. The van der Waals surface area contributed by atoms with E-state index in [2.05, 4.69) is 52.2 Å². The van der Waals surface area contributed by atoms with Crippen LogP contribution < -0.4 is 15.8 Å². The second-order valence-corrected chi connectivity index (χ2v) is 6.20. The van der Waals surface area contributed by atoms with Gasteiger partial charge in [0.2, 0.25) is 0 Å². The Bertz CT molecular complexity index is 1070. The summed E-state index contributed by atoms with van der Waals surface area (Å²) in [6.45, 7) is 1.46. The highest BCUT2D eigenvalue weighted by molar-refractivity contribution is 6.24. The second-order valence-electron chi connectivity index (χ2n) is 6.20. The average Bonchev–Trinajstić information content (AvgIpc) is 2.94. The lowest BCUT2D eigenvalue weighted by atomic mass is 10.0. The van der Waals surface area contributed by atoms with Crippen molar-refractivity contribution in [3.8, 4) is 5.75 Å². The Morgan fingerprint density at radius 1 is 1.12 bits per heavy atom. The van der Waals surface area contributed by atoms with Gasteiger partial charge >= 0.3 is 0 Å². The molecule has 0 saturated carbocycles. The zero-order chi connectivity index (χ0) is 17.4. The monoisotopic (exact) mass is 334 g/mol. The molecule has 0 atom stereocenters. The third kappa shape index (κ3) is 2.39. The van der Waals surface area contributed by atoms with E-state index in [1.165, 1.54) is 16.3 Å². The standard InChI is InChI=1S/C20H22N4O/c1-24-15-7-4-3-6-13(15)18-16(24)12-17(25-2)14-8-11-23-20(19(14)18)22-10-5-9-21/h3-4,6-8,11-12H,5,9-10,21H2,1-2H3,(H,22,23). The van der Waals surface area contributed by atoms with Gasteiger partial charge in [0.15, 0.2) is 0 Å². The topological polar surface area (TPSA) is 65.1 Å². The minimum Gasteiger partial charge on any atom is -0.496 e. The highest BCUT2D eigenvalue weighted by Crippen LogP contribution is 2.41. The first kappa shape index (κ1) is 15.7. The van der Waals surface area contributed by atoms with Gasteiger partial charge in [-0.2, -0.15) is 0 Å². The van der Waals surface area contributed by atoms with E-state index >= 15 is 0 Å². The summed E-state index contributed by atoms with van der Waals surface area (Å²) in [6, 6.07) is 12.6. The molecule has 25 heavy (non-hydrogen) atoms. The van der Waals surface area contributed by atoms with Crippen LogP contribution in [0.25, 0.3) is 32.6 Å².